The Labute approximate surface area is 118 Å². The van der Waals surface area contributed by atoms with E-state index in [0.29, 0.717) is 23.5 Å². The van der Waals surface area contributed by atoms with Crippen LogP contribution < -0.4 is 5.32 Å². The maximum Gasteiger partial charge on any atom is 0.451 e. The van der Waals surface area contributed by atoms with Crippen molar-refractivity contribution in [1.82, 2.24) is 15.0 Å². The lowest BCUT2D eigenvalue weighted by Crippen LogP contribution is -2.11. The lowest BCUT2D eigenvalue weighted by molar-refractivity contribution is -0.145. The fourth-order valence-corrected chi connectivity index (χ4v) is 1.50. The topological polar surface area (TPSA) is 67.8 Å². The van der Waals surface area contributed by atoms with E-state index in [1.165, 1.54) is 0 Å². The van der Waals surface area contributed by atoms with Crippen molar-refractivity contribution in [1.29, 1.82) is 0 Å². The summed E-state index contributed by atoms with van der Waals surface area (Å²) in [6, 6.07) is 4.81. The van der Waals surface area contributed by atoms with Crippen LogP contribution in [-0.2, 0) is 11.0 Å². The molecule has 0 saturated carbocycles. The second kappa shape index (κ2) is 5.86. The van der Waals surface area contributed by atoms with E-state index >= 15 is 0 Å². The maximum absolute atomic E-state index is 12.4. The van der Waals surface area contributed by atoms with Gasteiger partial charge in [-0.1, -0.05) is 13.0 Å². The second-order valence-electron chi connectivity index (χ2n) is 4.10. The number of nitrogens with one attached hydrogen (secondary N) is 1. The van der Waals surface area contributed by atoms with Crippen molar-refractivity contribution < 1.29 is 18.0 Å². The molecule has 0 fully saturated rings. The van der Waals surface area contributed by atoms with Crippen LogP contribution in [0, 0.1) is 0 Å². The molecule has 8 heteroatoms. The van der Waals surface area contributed by atoms with E-state index in [2.05, 4.69) is 20.3 Å². The molecule has 0 unspecified atom stereocenters. The van der Waals surface area contributed by atoms with E-state index in [1.54, 1.807) is 25.1 Å². The first-order valence-corrected chi connectivity index (χ1v) is 6.06. The molecular weight excluding hydrogens is 285 g/mol. The van der Waals surface area contributed by atoms with Gasteiger partial charge in [-0.15, -0.1) is 0 Å². The first-order valence-electron chi connectivity index (χ1n) is 6.06. The molecule has 2 aromatic heterocycles. The summed E-state index contributed by atoms with van der Waals surface area (Å²) in [4.78, 5) is 22.0. The Balaban J connectivity index is 2.26. The van der Waals surface area contributed by atoms with Crippen LogP contribution in [0.15, 0.2) is 30.6 Å². The Bertz CT molecular complexity index is 641. The SMILES string of the molecule is CCC(=O)Nc1cccc(-c2cnc(C(F)(F)F)nc2)n1. The summed E-state index contributed by atoms with van der Waals surface area (Å²) in [5.74, 6) is -1.09. The first-order chi connectivity index (χ1) is 9.90. The zero-order valence-electron chi connectivity index (χ0n) is 11.0. The largest absolute Gasteiger partial charge is 0.451 e. The van der Waals surface area contributed by atoms with Gasteiger partial charge in [-0.2, -0.15) is 13.2 Å². The maximum atomic E-state index is 12.4. The lowest BCUT2D eigenvalue weighted by atomic mass is 10.2. The Morgan fingerprint density at radius 2 is 1.90 bits per heavy atom. The third-order valence-corrected chi connectivity index (χ3v) is 2.54. The van der Waals surface area contributed by atoms with Gasteiger partial charge >= 0.3 is 6.18 Å². The smallest absolute Gasteiger partial charge is 0.311 e. The molecule has 2 heterocycles. The van der Waals surface area contributed by atoms with E-state index in [1.807, 2.05) is 0 Å². The van der Waals surface area contributed by atoms with Crippen molar-refractivity contribution >= 4 is 11.7 Å². The molecule has 0 aliphatic carbocycles. The van der Waals surface area contributed by atoms with Crippen molar-refractivity contribution in [3.8, 4) is 11.3 Å². The summed E-state index contributed by atoms with van der Waals surface area (Å²) >= 11 is 0. The van der Waals surface area contributed by atoms with Gasteiger partial charge in [0.25, 0.3) is 0 Å². The molecule has 2 rings (SSSR count). The number of halogens is 3. The number of carbonyl (C=O) groups excluding carboxylic acids is 1. The monoisotopic (exact) mass is 296 g/mol. The van der Waals surface area contributed by atoms with Crippen molar-refractivity contribution in [3.05, 3.63) is 36.4 Å². The summed E-state index contributed by atoms with van der Waals surface area (Å²) < 4.78 is 37.1. The molecular formula is C13H11F3N4O. The normalized spacial score (nSPS) is 11.2. The summed E-state index contributed by atoms with van der Waals surface area (Å²) in [5, 5.41) is 2.57. The highest BCUT2D eigenvalue weighted by Crippen LogP contribution is 2.26. The zero-order chi connectivity index (χ0) is 15.5. The first kappa shape index (κ1) is 14.9. The van der Waals surface area contributed by atoms with Crippen LogP contribution in [-0.4, -0.2) is 20.9 Å². The average molecular weight is 296 g/mol. The van der Waals surface area contributed by atoms with Gasteiger partial charge in [0.2, 0.25) is 11.7 Å². The van der Waals surface area contributed by atoms with Gasteiger partial charge in [-0.25, -0.2) is 15.0 Å². The Hall–Kier alpha value is -2.51. The van der Waals surface area contributed by atoms with Gasteiger partial charge in [-0.3, -0.25) is 4.79 Å². The predicted octanol–water partition coefficient (Wildman–Crippen LogP) is 2.91. The molecule has 0 aromatic carbocycles. The number of aromatic nitrogens is 3. The molecule has 2 aromatic rings. The number of rotatable bonds is 3. The van der Waals surface area contributed by atoms with E-state index < -0.39 is 12.0 Å². The fraction of sp³-hybridized carbons (Fsp3) is 0.231. The average Bonchev–Trinajstić information content (AvgIpc) is 2.46. The highest BCUT2D eigenvalue weighted by atomic mass is 19.4. The van der Waals surface area contributed by atoms with Crippen LogP contribution >= 0.6 is 0 Å². The van der Waals surface area contributed by atoms with Crippen LogP contribution in [0.5, 0.6) is 0 Å². The van der Waals surface area contributed by atoms with Crippen LogP contribution in [0.25, 0.3) is 11.3 Å². The Kier molecular flexibility index (Phi) is 4.15. The zero-order valence-corrected chi connectivity index (χ0v) is 11.0. The molecule has 21 heavy (non-hydrogen) atoms. The summed E-state index contributed by atoms with van der Waals surface area (Å²) in [7, 11) is 0. The van der Waals surface area contributed by atoms with Gasteiger partial charge in [-0.05, 0) is 12.1 Å². The number of nitrogens with zero attached hydrogens (tertiary/aromatic N) is 3. The van der Waals surface area contributed by atoms with Gasteiger partial charge in [0, 0.05) is 24.4 Å². The molecule has 0 saturated heterocycles. The Morgan fingerprint density at radius 3 is 2.48 bits per heavy atom. The van der Waals surface area contributed by atoms with Crippen LogP contribution in [0.2, 0.25) is 0 Å². The molecule has 1 N–H and O–H groups in total. The standard InChI is InChI=1S/C13H11F3N4O/c1-2-11(21)20-10-5-3-4-9(19-10)8-6-17-12(18-7-8)13(14,15)16/h3-7H,2H2,1H3,(H,19,20,21). The third kappa shape index (κ3) is 3.74. The van der Waals surface area contributed by atoms with Crippen LogP contribution in [0.4, 0.5) is 19.0 Å². The van der Waals surface area contributed by atoms with E-state index in [0.717, 1.165) is 12.4 Å². The number of anilines is 1. The number of hydrogen-bond acceptors (Lipinski definition) is 4. The molecule has 0 radical (unpaired) electrons. The summed E-state index contributed by atoms with van der Waals surface area (Å²) in [5.41, 5.74) is 0.702. The molecule has 0 aliphatic rings. The summed E-state index contributed by atoms with van der Waals surface area (Å²) in [6.07, 6.45) is -2.19. The third-order valence-electron chi connectivity index (χ3n) is 2.54. The van der Waals surface area contributed by atoms with Gasteiger partial charge in [0.1, 0.15) is 5.82 Å². The van der Waals surface area contributed by atoms with E-state index in [9.17, 15) is 18.0 Å². The fourth-order valence-electron chi connectivity index (χ4n) is 1.50. The minimum Gasteiger partial charge on any atom is -0.311 e. The second-order valence-corrected chi connectivity index (χ2v) is 4.10. The van der Waals surface area contributed by atoms with Crippen molar-refractivity contribution in [3.63, 3.8) is 0 Å². The number of amides is 1. The highest BCUT2D eigenvalue weighted by Gasteiger charge is 2.34. The number of hydrogen-bond donors (Lipinski definition) is 1. The predicted molar refractivity (Wildman–Crippen MR) is 69.2 cm³/mol. The quantitative estimate of drug-likeness (QED) is 0.945. The molecule has 0 atom stereocenters. The number of pyridine rings is 1. The number of carbonyl (C=O) groups is 1. The van der Waals surface area contributed by atoms with E-state index in [4.69, 9.17) is 0 Å². The highest BCUT2D eigenvalue weighted by molar-refractivity contribution is 5.89. The van der Waals surface area contributed by atoms with Crippen LogP contribution in [0.3, 0.4) is 0 Å². The molecule has 0 spiro atoms. The minimum absolute atomic E-state index is 0.205. The molecule has 5 nitrogen and oxygen atoms in total. The molecule has 1 amide bonds. The summed E-state index contributed by atoms with van der Waals surface area (Å²) in [6.45, 7) is 1.70. The van der Waals surface area contributed by atoms with Gasteiger partial charge in [0.15, 0.2) is 0 Å². The number of alkyl halides is 3. The van der Waals surface area contributed by atoms with Crippen molar-refractivity contribution in [2.24, 2.45) is 0 Å². The van der Waals surface area contributed by atoms with Gasteiger partial charge < -0.3 is 5.32 Å². The van der Waals surface area contributed by atoms with Crippen molar-refractivity contribution in [2.75, 3.05) is 5.32 Å². The Morgan fingerprint density at radius 1 is 1.24 bits per heavy atom. The van der Waals surface area contributed by atoms with Crippen molar-refractivity contribution in [2.45, 2.75) is 19.5 Å². The van der Waals surface area contributed by atoms with Gasteiger partial charge in [0.05, 0.1) is 5.69 Å². The molecule has 0 aliphatic heterocycles. The van der Waals surface area contributed by atoms with Crippen LogP contribution in [0.1, 0.15) is 19.2 Å². The lowest BCUT2D eigenvalue weighted by Gasteiger charge is -2.07. The van der Waals surface area contributed by atoms with E-state index in [-0.39, 0.29) is 5.91 Å². The molecule has 110 valence electrons. The molecule has 0 bridgehead atoms. The minimum atomic E-state index is -4.58.